The molecule has 14 nitrogen and oxygen atoms in total. The Labute approximate surface area is 199 Å². The first-order valence-electron chi connectivity index (χ1n) is 9.51. The Bertz CT molecular complexity index is 1530. The Morgan fingerprint density at radius 2 is 1.75 bits per heavy atom. The molecule has 0 atom stereocenters. The molecule has 0 aliphatic carbocycles. The molecule has 4 rings (SSSR count). The number of carbonyl (C=O) groups is 1. The summed E-state index contributed by atoms with van der Waals surface area (Å²) in [6, 6.07) is 5.32. The van der Waals surface area contributed by atoms with Crippen LogP contribution in [0.15, 0.2) is 45.0 Å². The van der Waals surface area contributed by atoms with Crippen LogP contribution in [0.1, 0.15) is 0 Å². The lowest BCUT2D eigenvalue weighted by atomic mass is 10.0. The van der Waals surface area contributed by atoms with Crippen LogP contribution < -0.4 is 16.0 Å². The topological polar surface area (TPSA) is 231 Å². The molecule has 19 heteroatoms. The molecule has 0 radical (unpaired) electrons. The van der Waals surface area contributed by atoms with Crippen molar-refractivity contribution >= 4 is 25.8 Å². The molecule has 1 aliphatic rings. The third-order valence-corrected chi connectivity index (χ3v) is 8.09. The number of halogens is 3. The highest BCUT2D eigenvalue weighted by Gasteiger charge is 2.39. The van der Waals surface area contributed by atoms with Gasteiger partial charge in [0.1, 0.15) is 4.90 Å². The fourth-order valence-electron chi connectivity index (χ4n) is 3.04. The van der Waals surface area contributed by atoms with Crippen molar-refractivity contribution in [2.75, 3.05) is 13.1 Å². The fourth-order valence-corrected chi connectivity index (χ4v) is 6.22. The van der Waals surface area contributed by atoms with Gasteiger partial charge in [0.2, 0.25) is 21.4 Å². The van der Waals surface area contributed by atoms with E-state index in [4.69, 9.17) is 15.0 Å². The molecular weight excluding hydrogens is 535 g/mol. The summed E-state index contributed by atoms with van der Waals surface area (Å²) in [5.41, 5.74) is 0.181. The van der Waals surface area contributed by atoms with E-state index in [-0.39, 0.29) is 35.6 Å². The van der Waals surface area contributed by atoms with E-state index in [2.05, 4.69) is 30.9 Å². The first kappa shape index (κ1) is 26.9. The van der Waals surface area contributed by atoms with Crippen LogP contribution >= 0.6 is 0 Å². The fraction of sp³-hybridized carbons (Fsp3) is 0.235. The summed E-state index contributed by atoms with van der Waals surface area (Å²) in [5.74, 6) is -2.91. The van der Waals surface area contributed by atoms with Gasteiger partial charge in [-0.15, -0.1) is 10.2 Å². The van der Waals surface area contributed by atoms with Crippen LogP contribution in [-0.4, -0.2) is 78.0 Å². The predicted octanol–water partition coefficient (Wildman–Crippen LogP) is -0.752. The average Bonchev–Trinajstić information content (AvgIpc) is 3.25. The van der Waals surface area contributed by atoms with Gasteiger partial charge in [-0.2, -0.15) is 18.4 Å². The largest absolute Gasteiger partial charge is 0.490 e. The van der Waals surface area contributed by atoms with Crippen LogP contribution in [0.25, 0.3) is 22.5 Å². The normalized spacial score (nSPS) is 14.4. The van der Waals surface area contributed by atoms with E-state index in [1.807, 2.05) is 0 Å². The second-order valence-electron chi connectivity index (χ2n) is 7.17. The molecule has 3 heterocycles. The molecule has 1 aromatic carbocycles. The number of aromatic amines is 2. The highest BCUT2D eigenvalue weighted by molar-refractivity contribution is 7.94. The zero-order valence-corrected chi connectivity index (χ0v) is 19.3. The van der Waals surface area contributed by atoms with E-state index in [1.54, 1.807) is 0 Å². The third kappa shape index (κ3) is 5.58. The number of nitrogens with zero attached hydrogens (tertiary/aromatic N) is 3. The smallest absolute Gasteiger partial charge is 0.475 e. The van der Waals surface area contributed by atoms with E-state index >= 15 is 0 Å². The number of tetrazole rings is 1. The number of aliphatic carboxylic acids is 1. The van der Waals surface area contributed by atoms with Gasteiger partial charge in [0, 0.05) is 25.4 Å². The van der Waals surface area contributed by atoms with Gasteiger partial charge < -0.3 is 15.4 Å². The number of sulfone groups is 1. The van der Waals surface area contributed by atoms with E-state index in [1.165, 1.54) is 30.5 Å². The zero-order valence-electron chi connectivity index (χ0n) is 17.6. The molecule has 0 unspecified atom stereocenters. The van der Waals surface area contributed by atoms with Crippen molar-refractivity contribution in [1.82, 2.24) is 30.9 Å². The Hall–Kier alpha value is -3.68. The summed E-state index contributed by atoms with van der Waals surface area (Å²) in [6.45, 7) is 0.400. The summed E-state index contributed by atoms with van der Waals surface area (Å²) in [5, 5.41) is 27.9. The molecular formula is C17H16F3N7O7S2. The van der Waals surface area contributed by atoms with Crippen molar-refractivity contribution in [2.24, 2.45) is 5.14 Å². The van der Waals surface area contributed by atoms with Crippen molar-refractivity contribution in [3.63, 3.8) is 0 Å². The minimum absolute atomic E-state index is 0.123. The van der Waals surface area contributed by atoms with E-state index in [0.717, 1.165) is 0 Å². The second-order valence-corrected chi connectivity index (χ2v) is 10.9. The number of benzene rings is 1. The maximum atomic E-state index is 13.0. The number of carboxylic acids is 1. The number of alkyl halides is 3. The Balaban J connectivity index is 0.000000454. The average molecular weight is 551 g/mol. The molecule has 0 saturated carbocycles. The van der Waals surface area contributed by atoms with Gasteiger partial charge in [0.05, 0.1) is 15.7 Å². The highest BCUT2D eigenvalue weighted by atomic mass is 32.2. The third-order valence-electron chi connectivity index (χ3n) is 4.80. The molecule has 0 amide bonds. The molecule has 1 saturated heterocycles. The number of nitrogens with two attached hydrogens (primary N) is 1. The lowest BCUT2D eigenvalue weighted by molar-refractivity contribution is -0.192. The highest BCUT2D eigenvalue weighted by Crippen LogP contribution is 2.39. The van der Waals surface area contributed by atoms with Gasteiger partial charge in [0.25, 0.3) is 0 Å². The van der Waals surface area contributed by atoms with Crippen LogP contribution in [-0.2, 0) is 24.7 Å². The maximum absolute atomic E-state index is 13.0. The number of aromatic nitrogens is 5. The summed E-state index contributed by atoms with van der Waals surface area (Å²) in [6.07, 6.45) is -3.72. The van der Waals surface area contributed by atoms with Crippen LogP contribution in [0.2, 0.25) is 0 Å². The van der Waals surface area contributed by atoms with E-state index in [0.29, 0.717) is 5.56 Å². The van der Waals surface area contributed by atoms with Gasteiger partial charge in [-0.05, 0) is 28.5 Å². The quantitative estimate of drug-likeness (QED) is 0.265. The zero-order chi connectivity index (χ0) is 26.9. The van der Waals surface area contributed by atoms with Crippen molar-refractivity contribution in [3.05, 3.63) is 40.8 Å². The molecule has 3 aromatic rings. The van der Waals surface area contributed by atoms with Crippen LogP contribution in [0.3, 0.4) is 0 Å². The summed E-state index contributed by atoms with van der Waals surface area (Å²) in [7, 11) is -8.52. The number of carboxylic acid groups (broad SMARTS) is 1. The van der Waals surface area contributed by atoms with Crippen LogP contribution in [0, 0.1) is 0 Å². The van der Waals surface area contributed by atoms with Gasteiger partial charge >= 0.3 is 12.1 Å². The molecule has 2 aromatic heterocycles. The molecule has 1 aliphatic heterocycles. The van der Waals surface area contributed by atoms with E-state index < -0.39 is 47.0 Å². The summed E-state index contributed by atoms with van der Waals surface area (Å²) in [4.78, 5) is 21.7. The Morgan fingerprint density at radius 1 is 1.11 bits per heavy atom. The van der Waals surface area contributed by atoms with Crippen LogP contribution in [0.5, 0.6) is 0 Å². The predicted molar refractivity (Wildman–Crippen MR) is 115 cm³/mol. The van der Waals surface area contributed by atoms with Crippen molar-refractivity contribution in [2.45, 2.75) is 21.2 Å². The Morgan fingerprint density at radius 3 is 2.17 bits per heavy atom. The SMILES string of the molecule is NS(=O)(=O)c1c(S(=O)(=O)C2CNC2)ccc(-c2ccc(=O)[nH]c2)c1-c1nn[nH]n1.O=C(O)C(F)(F)F. The summed E-state index contributed by atoms with van der Waals surface area (Å²) < 4.78 is 82.9. The first-order chi connectivity index (χ1) is 16.6. The monoisotopic (exact) mass is 551 g/mol. The number of nitrogens with one attached hydrogen (secondary N) is 3. The lowest BCUT2D eigenvalue weighted by Crippen LogP contribution is -2.51. The van der Waals surface area contributed by atoms with E-state index in [9.17, 15) is 34.8 Å². The second kappa shape index (κ2) is 9.76. The number of pyridine rings is 1. The minimum Gasteiger partial charge on any atom is -0.475 e. The van der Waals surface area contributed by atoms with Crippen molar-refractivity contribution < 1.29 is 39.9 Å². The number of sulfonamides is 1. The van der Waals surface area contributed by atoms with Gasteiger partial charge in [-0.25, -0.2) is 26.8 Å². The Kier molecular flexibility index (Phi) is 7.30. The number of hydrogen-bond donors (Lipinski definition) is 5. The molecule has 0 spiro atoms. The van der Waals surface area contributed by atoms with Gasteiger partial charge in [-0.1, -0.05) is 6.07 Å². The molecule has 0 bridgehead atoms. The molecule has 1 fully saturated rings. The van der Waals surface area contributed by atoms with Gasteiger partial charge in [0.15, 0.2) is 9.84 Å². The standard InChI is InChI=1S/C15H15N7O5S2.C2HF3O2/c16-29(26,27)14-11(28(24,25)9-6-17-7-9)3-2-10(8-1-4-12(23)18-5-8)13(14)15-19-21-22-20-15;3-2(4,5)1(6)7/h1-5,9,17H,6-7H2,(H,18,23)(H2,16,26,27)(H,19,20,21,22);(H,6,7). The lowest BCUT2D eigenvalue weighted by Gasteiger charge is -2.28. The maximum Gasteiger partial charge on any atom is 0.490 e. The summed E-state index contributed by atoms with van der Waals surface area (Å²) >= 11 is 0. The number of hydrogen-bond acceptors (Lipinski definition) is 10. The van der Waals surface area contributed by atoms with Gasteiger partial charge in [-0.3, -0.25) is 4.79 Å². The van der Waals surface area contributed by atoms with Crippen molar-refractivity contribution in [1.29, 1.82) is 0 Å². The molecule has 6 N–H and O–H groups in total. The van der Waals surface area contributed by atoms with Crippen molar-refractivity contribution in [3.8, 4) is 22.5 Å². The molecule has 194 valence electrons. The number of primary sulfonamides is 1. The minimum atomic E-state index is -5.08. The molecule has 36 heavy (non-hydrogen) atoms. The first-order valence-corrected chi connectivity index (χ1v) is 12.6. The van der Waals surface area contributed by atoms with Crippen LogP contribution in [0.4, 0.5) is 13.2 Å². The number of H-pyrrole nitrogens is 2. The number of rotatable bonds is 5.